The summed E-state index contributed by atoms with van der Waals surface area (Å²) in [5.74, 6) is -2.82. The largest absolute Gasteiger partial charge is 0.444 e. The van der Waals surface area contributed by atoms with Crippen molar-refractivity contribution in [2.45, 2.75) is 130 Å². The molecule has 20 rings (SSSR count). The Morgan fingerprint density at radius 3 is 0.951 bits per heavy atom. The van der Waals surface area contributed by atoms with Gasteiger partial charge in [-0.1, -0.05) is 32.4 Å². The molecule has 0 aliphatic carbocycles. The minimum atomic E-state index is -1.00. The molecule has 0 radical (unpaired) electrons. The van der Waals surface area contributed by atoms with Crippen LogP contribution in [0.3, 0.4) is 0 Å². The molecule has 746 valence electrons. The van der Waals surface area contributed by atoms with Gasteiger partial charge in [0.05, 0.1) is 139 Å². The molecule has 4 aliphatic heterocycles. The van der Waals surface area contributed by atoms with Crippen molar-refractivity contribution in [3.8, 4) is 90.6 Å². The quantitative estimate of drug-likeness (QED) is 0.0229. The number of hydrogen-bond donors (Lipinski definition) is 4. The number of halogens is 7. The Hall–Kier alpha value is -16.3. The van der Waals surface area contributed by atoms with Gasteiger partial charge in [-0.05, 0) is 207 Å². The number of isocyanates is 1. The molecular weight excluding hydrogens is 1910 g/mol. The van der Waals surface area contributed by atoms with E-state index in [-0.39, 0.29) is 98.9 Å². The Morgan fingerprint density at radius 1 is 0.438 bits per heavy atom. The molecule has 38 nitrogen and oxygen atoms in total. The number of ether oxygens (including phenoxy) is 2. The summed E-state index contributed by atoms with van der Waals surface area (Å²) in [4.78, 5) is 130. The van der Waals surface area contributed by atoms with Gasteiger partial charge in [-0.2, -0.15) is 15.3 Å². The van der Waals surface area contributed by atoms with Crippen LogP contribution in [0.15, 0.2) is 201 Å². The van der Waals surface area contributed by atoms with Crippen LogP contribution < -0.4 is 22.5 Å². The topological polar surface area (TPSA) is 447 Å². The van der Waals surface area contributed by atoms with Crippen LogP contribution in [-0.2, 0) is 19.1 Å². The van der Waals surface area contributed by atoms with Gasteiger partial charge in [0.1, 0.15) is 74.3 Å². The van der Waals surface area contributed by atoms with Crippen molar-refractivity contribution in [3.63, 3.8) is 0 Å². The average Bonchev–Trinajstić information content (AvgIpc) is 1.64. The maximum Gasteiger partial charge on any atom is 0.410 e. The summed E-state index contributed by atoms with van der Waals surface area (Å²) in [6, 6.07) is 38.8. The lowest BCUT2D eigenvalue weighted by molar-refractivity contribution is -0.138. The number of nitrogens with zero attached hydrogens (tertiary/aromatic N) is 25. The number of carbonyl (C=O) groups is 6. The molecule has 4 fully saturated rings. The molecule has 16 heterocycles. The number of nitrogens with two attached hydrogens (primary N) is 3. The van der Waals surface area contributed by atoms with E-state index in [4.69, 9.17) is 57.8 Å². The highest BCUT2D eigenvalue weighted by molar-refractivity contribution is 6.40. The van der Waals surface area contributed by atoms with Crippen LogP contribution in [0.1, 0.15) is 147 Å². The van der Waals surface area contributed by atoms with Crippen LogP contribution >= 0.6 is 23.2 Å². The molecule has 16 aromatic rings. The first-order valence-electron chi connectivity index (χ1n) is 45.6. The van der Waals surface area contributed by atoms with E-state index in [2.05, 4.69) is 80.0 Å². The minimum absolute atomic E-state index is 0.00603. The average molecular weight is 2010 g/mol. The zero-order chi connectivity index (χ0) is 104. The number of primary amides is 3. The van der Waals surface area contributed by atoms with E-state index in [0.29, 0.717) is 142 Å². The summed E-state index contributed by atoms with van der Waals surface area (Å²) in [5, 5.41) is 22.0. The van der Waals surface area contributed by atoms with Crippen molar-refractivity contribution in [2.75, 3.05) is 64.9 Å². The van der Waals surface area contributed by atoms with Gasteiger partial charge in [-0.25, -0.2) is 90.4 Å². The van der Waals surface area contributed by atoms with Crippen molar-refractivity contribution in [1.82, 2.24) is 117 Å². The van der Waals surface area contributed by atoms with Crippen LogP contribution in [0.4, 0.5) is 37.4 Å². The van der Waals surface area contributed by atoms with Crippen LogP contribution in [0.25, 0.3) is 118 Å². The molecule has 6 amide bonds. The number of fused-ring (bicyclic) bond motifs is 4. The van der Waals surface area contributed by atoms with E-state index >= 15 is 0 Å². The second-order valence-electron chi connectivity index (χ2n) is 37.7. The molecule has 144 heavy (non-hydrogen) atoms. The van der Waals surface area contributed by atoms with Gasteiger partial charge < -0.3 is 69.8 Å². The molecule has 0 saturated carbocycles. The van der Waals surface area contributed by atoms with Crippen molar-refractivity contribution in [1.29, 1.82) is 0 Å². The fourth-order valence-electron chi connectivity index (χ4n) is 15.6. The second kappa shape index (κ2) is 43.4. The summed E-state index contributed by atoms with van der Waals surface area (Å²) in [6.45, 7) is 34.6. The van der Waals surface area contributed by atoms with E-state index in [1.807, 2.05) is 114 Å². The smallest absolute Gasteiger partial charge is 0.410 e. The molecule has 12 aromatic heterocycles. The predicted octanol–water partition coefficient (Wildman–Crippen LogP) is 16.1. The lowest BCUT2D eigenvalue weighted by Crippen LogP contribution is -2.52. The van der Waals surface area contributed by atoms with Crippen LogP contribution in [-0.4, -0.2) is 235 Å². The fraction of sp³-hybridized carbons (Fsp3) is 0.313. The Kier molecular flexibility index (Phi) is 30.8. The van der Waals surface area contributed by atoms with Gasteiger partial charge in [0, 0.05) is 87.1 Å². The molecule has 4 saturated heterocycles. The number of aliphatic imine (C=N–C) groups is 1. The molecule has 0 atom stereocenters. The van der Waals surface area contributed by atoms with Crippen molar-refractivity contribution in [2.24, 2.45) is 27.6 Å². The second-order valence-corrected chi connectivity index (χ2v) is 38.5. The number of nitrogens with one attached hydrogen (secondary N) is 1. The molecule has 0 bridgehead atoms. The lowest BCUT2D eigenvalue weighted by Gasteiger charge is -2.41. The zero-order valence-corrected chi connectivity index (χ0v) is 81.8. The van der Waals surface area contributed by atoms with Crippen molar-refractivity contribution >= 4 is 93.5 Å². The van der Waals surface area contributed by atoms with E-state index in [0.717, 1.165) is 35.5 Å². The minimum Gasteiger partial charge on any atom is -0.444 e. The Bertz CT molecular complexity index is 7290. The van der Waals surface area contributed by atoms with E-state index in [1.165, 1.54) is 97.5 Å². The summed E-state index contributed by atoms with van der Waals surface area (Å²) >= 11 is 9.53. The van der Waals surface area contributed by atoms with Gasteiger partial charge in [-0.3, -0.25) is 23.6 Å². The first kappa shape index (κ1) is 102. The number of hydrogen-bond acceptors (Lipinski definition) is 23. The first-order valence-corrected chi connectivity index (χ1v) is 46.0. The standard InChI is InChI=1S/C25H26FN7O2.C24H24FN7O3.C24H22FN7O2.C19H16FN7O.C5H9NO.CH2Cl2.CH3F/c1-25(2,3)10-21(34)31-12-17(13-31)32-14-29-22(15-4-6-16(26)7-5-15)23(32)18-8-9-20-28-11-19(24(27)35)33(20)30-18;1-24(2,3)35-23(34)30-11-16(12-30)31-13-28-20(14-4-6-15(25)7-5-14)21(31)17-8-9-19-27-10-18(22(26)33)32(19)29-17;1-24(2,3)34-23(33)30-12-17(13-30)31-14-28-21(15-5-7-16(25)8-6-15)22(31)18-9-10-19-27-11-20(26-4)32(19)29-18;20-12-3-1-11(2-4-12)17-18(26(10-24-17)13-7-22-8-13)14-5-6-16-23-9-15(19(21)28)27(16)25-14;1-5(2,3)6-4-7;2-1-3;1-2/h4-9,11,14,17H,10,12-13H2,1-3H3,(H2,27,35);4-10,13,16H,11-12H2,1-3H3,(H2,26,33);5-11,14,17H,12-13H2,1-3H3;1-6,9-10,13,22H,7-8H2,(H2,21,28);1-3H3;1H2;1H3/i;;;;;;1D. The maximum atomic E-state index is 13.6. The maximum absolute atomic E-state index is 13.6. The monoisotopic (exact) mass is 2010 g/mol. The summed E-state index contributed by atoms with van der Waals surface area (Å²) < 4.78 is 94.2. The third kappa shape index (κ3) is 23.8. The van der Waals surface area contributed by atoms with Gasteiger partial charge >= 0.3 is 12.2 Å². The number of likely N-dealkylation sites (tertiary alicyclic amines) is 3. The summed E-state index contributed by atoms with van der Waals surface area (Å²) in [5.41, 5.74) is 28.1. The molecule has 4 aliphatic rings. The highest BCUT2D eigenvalue weighted by Crippen LogP contribution is 2.42. The lowest BCUT2D eigenvalue weighted by atomic mass is 9.90. The number of benzene rings is 4. The molecule has 0 spiro atoms. The Balaban J connectivity index is 0.000000147. The fourth-order valence-corrected chi connectivity index (χ4v) is 15.6. The molecule has 0 unspecified atom stereocenters. The normalized spacial score (nSPS) is 13.8. The van der Waals surface area contributed by atoms with Gasteiger partial charge in [0.25, 0.3) is 23.5 Å². The number of aromatic nitrogens is 20. The van der Waals surface area contributed by atoms with Gasteiger partial charge in [-0.15, -0.1) is 27.7 Å². The third-order valence-corrected chi connectivity index (χ3v) is 22.6. The number of imidazole rings is 8. The zero-order valence-electron chi connectivity index (χ0n) is 81.3. The predicted molar refractivity (Wildman–Crippen MR) is 527 cm³/mol. The van der Waals surface area contributed by atoms with Crippen molar-refractivity contribution < 1.29 is 66.4 Å². The van der Waals surface area contributed by atoms with Crippen LogP contribution in [0, 0.1) is 35.3 Å². The molecule has 4 aromatic carbocycles. The number of carbonyl (C=O) groups excluding carboxylic acids is 7. The molecular formula is C99H102Cl2F5N29O9. The SMILES string of the molecule is CC(C)(C)CC(=O)N1CC(n2cnc(-c3ccc(F)cc3)c2-c2ccc3ncc(C(N)=O)n3n2)C1.CC(C)(C)N=C=O.CC(C)(C)OC(=O)N1CC(n2cnc(-c3ccc(F)cc3)c2-c2ccc3ncc(C(N)=O)n3n2)C1.ClCCl.NC(=O)c1cnc2ccc(-c3c(-c4ccc(F)cc4)ncn3C3CNC3)nn12.[2H]CF.[C-]#[N+]c1cnc2ccc(-c3c(-c4ccc(F)cc4)ncn3C3CN(C(=O)OC(C)(C)C)C3)nn12. The summed E-state index contributed by atoms with van der Waals surface area (Å²) in [7, 11) is -1.00. The number of alkyl halides is 3. The molecule has 7 N–H and O–H groups in total. The van der Waals surface area contributed by atoms with E-state index in [9.17, 15) is 55.5 Å². The van der Waals surface area contributed by atoms with E-state index in [1.54, 1.807) is 120 Å². The van der Waals surface area contributed by atoms with E-state index < -0.39 is 36.1 Å². The first-order chi connectivity index (χ1) is 68.9. The van der Waals surface area contributed by atoms with Gasteiger partial charge in [0.2, 0.25) is 17.6 Å². The Labute approximate surface area is 833 Å². The Morgan fingerprint density at radius 2 is 0.708 bits per heavy atom. The van der Waals surface area contributed by atoms with Crippen LogP contribution in [0.2, 0.25) is 0 Å². The van der Waals surface area contributed by atoms with Gasteiger partial charge in [0.15, 0.2) is 16.9 Å². The highest BCUT2D eigenvalue weighted by Gasteiger charge is 2.41. The van der Waals surface area contributed by atoms with Crippen molar-refractivity contribution in [3.05, 3.63) is 247 Å². The number of rotatable bonds is 16. The number of amides is 6. The molecule has 45 heteroatoms. The van der Waals surface area contributed by atoms with Crippen LogP contribution in [0.5, 0.6) is 0 Å². The summed E-state index contributed by atoms with van der Waals surface area (Å²) in [6.07, 6.45) is 13.7. The highest BCUT2D eigenvalue weighted by atomic mass is 35.5. The third-order valence-electron chi connectivity index (χ3n) is 22.6.